The molecule has 3 amide bonds. The second kappa shape index (κ2) is 8.53. The molecular weight excluding hydrogens is 401 g/mol. The molecule has 2 heterocycles. The summed E-state index contributed by atoms with van der Waals surface area (Å²) in [6.07, 6.45) is 2.78. The van der Waals surface area contributed by atoms with Gasteiger partial charge in [0, 0.05) is 51.2 Å². The van der Waals surface area contributed by atoms with Gasteiger partial charge in [0.05, 0.1) is 5.69 Å². The number of rotatable bonds is 4. The van der Waals surface area contributed by atoms with Gasteiger partial charge in [0.2, 0.25) is 15.9 Å². The fourth-order valence-electron chi connectivity index (χ4n) is 2.87. The summed E-state index contributed by atoms with van der Waals surface area (Å²) in [6, 6.07) is 6.42. The Morgan fingerprint density at radius 1 is 1.10 bits per heavy atom. The normalized spacial score (nSPS) is 15.0. The average Bonchev–Trinajstić information content (AvgIpc) is 2.71. The highest BCUT2D eigenvalue weighted by Crippen LogP contribution is 2.21. The van der Waals surface area contributed by atoms with Crippen LogP contribution in [0.15, 0.2) is 47.6 Å². The molecule has 11 heteroatoms. The van der Waals surface area contributed by atoms with E-state index in [2.05, 4.69) is 15.6 Å². The fourth-order valence-corrected chi connectivity index (χ4v) is 4.26. The summed E-state index contributed by atoms with van der Waals surface area (Å²) in [5.74, 6) is -1.05. The Labute approximate surface area is 167 Å². The van der Waals surface area contributed by atoms with E-state index in [4.69, 9.17) is 0 Å². The number of carbonyl (C=O) groups excluding carboxylic acids is 2. The maximum absolute atomic E-state index is 13.7. The molecule has 154 valence electrons. The van der Waals surface area contributed by atoms with E-state index in [-0.39, 0.29) is 36.8 Å². The SMILES string of the molecule is CC(=O)Nc1cc(NC(=O)N2CCN(S(=O)(=O)c3cccnc3)CC2)ccc1F. The van der Waals surface area contributed by atoms with Crippen molar-refractivity contribution < 1.29 is 22.4 Å². The fraction of sp³-hybridized carbons (Fsp3) is 0.278. The molecule has 2 N–H and O–H groups in total. The summed E-state index contributed by atoms with van der Waals surface area (Å²) in [5.41, 5.74) is 0.272. The van der Waals surface area contributed by atoms with Crippen LogP contribution in [0.4, 0.5) is 20.6 Å². The number of hydrogen-bond acceptors (Lipinski definition) is 5. The quantitative estimate of drug-likeness (QED) is 0.781. The zero-order valence-electron chi connectivity index (χ0n) is 15.6. The smallest absolute Gasteiger partial charge is 0.321 e. The zero-order chi connectivity index (χ0) is 21.0. The number of benzene rings is 1. The Hall–Kier alpha value is -3.05. The third-order valence-corrected chi connectivity index (χ3v) is 6.21. The van der Waals surface area contributed by atoms with E-state index < -0.39 is 27.8 Å². The molecule has 0 saturated carbocycles. The van der Waals surface area contributed by atoms with Crippen LogP contribution < -0.4 is 10.6 Å². The lowest BCUT2D eigenvalue weighted by atomic mass is 10.2. The number of sulfonamides is 1. The molecule has 2 aromatic rings. The molecule has 0 atom stereocenters. The van der Waals surface area contributed by atoms with E-state index in [1.807, 2.05) is 0 Å². The average molecular weight is 421 g/mol. The number of nitrogens with one attached hydrogen (secondary N) is 2. The van der Waals surface area contributed by atoms with Crippen LogP contribution in [-0.4, -0.2) is 60.7 Å². The van der Waals surface area contributed by atoms with Gasteiger partial charge < -0.3 is 15.5 Å². The van der Waals surface area contributed by atoms with E-state index in [0.717, 1.165) is 6.07 Å². The van der Waals surface area contributed by atoms with Gasteiger partial charge in [-0.3, -0.25) is 9.78 Å². The maximum atomic E-state index is 13.7. The third-order valence-electron chi connectivity index (χ3n) is 4.33. The number of urea groups is 1. The first-order valence-corrected chi connectivity index (χ1v) is 10.2. The van der Waals surface area contributed by atoms with Crippen LogP contribution in [0.5, 0.6) is 0 Å². The van der Waals surface area contributed by atoms with Gasteiger partial charge >= 0.3 is 6.03 Å². The lowest BCUT2D eigenvalue weighted by Crippen LogP contribution is -2.51. The van der Waals surface area contributed by atoms with Crippen molar-refractivity contribution in [2.45, 2.75) is 11.8 Å². The van der Waals surface area contributed by atoms with Gasteiger partial charge in [-0.1, -0.05) is 0 Å². The molecule has 1 fully saturated rings. The number of amides is 3. The summed E-state index contributed by atoms with van der Waals surface area (Å²) in [5, 5.41) is 4.98. The van der Waals surface area contributed by atoms with Crippen molar-refractivity contribution in [3.63, 3.8) is 0 Å². The first-order chi connectivity index (χ1) is 13.8. The molecule has 1 aliphatic rings. The second-order valence-electron chi connectivity index (χ2n) is 6.39. The highest BCUT2D eigenvalue weighted by molar-refractivity contribution is 7.89. The van der Waals surface area contributed by atoms with Crippen LogP contribution >= 0.6 is 0 Å². The van der Waals surface area contributed by atoms with Crippen LogP contribution in [0, 0.1) is 5.82 Å². The van der Waals surface area contributed by atoms with Crippen molar-refractivity contribution in [2.75, 3.05) is 36.8 Å². The maximum Gasteiger partial charge on any atom is 0.321 e. The van der Waals surface area contributed by atoms with Gasteiger partial charge in [-0.05, 0) is 30.3 Å². The first-order valence-electron chi connectivity index (χ1n) is 8.80. The van der Waals surface area contributed by atoms with E-state index in [0.29, 0.717) is 5.69 Å². The van der Waals surface area contributed by atoms with Gasteiger partial charge in [-0.25, -0.2) is 17.6 Å². The van der Waals surface area contributed by atoms with Crippen molar-refractivity contribution >= 4 is 33.3 Å². The summed E-state index contributed by atoms with van der Waals surface area (Å²) in [6.45, 7) is 1.94. The van der Waals surface area contributed by atoms with Gasteiger partial charge in [0.15, 0.2) is 0 Å². The minimum Gasteiger partial charge on any atom is -0.324 e. The number of pyridine rings is 1. The molecular formula is C18H20FN5O4S. The van der Waals surface area contributed by atoms with Crippen LogP contribution in [0.2, 0.25) is 0 Å². The van der Waals surface area contributed by atoms with Crippen LogP contribution in [-0.2, 0) is 14.8 Å². The Balaban J connectivity index is 1.61. The van der Waals surface area contributed by atoms with Crippen LogP contribution in [0.1, 0.15) is 6.92 Å². The van der Waals surface area contributed by atoms with E-state index in [9.17, 15) is 22.4 Å². The number of hydrogen-bond donors (Lipinski definition) is 2. The Kier molecular flexibility index (Phi) is 6.09. The molecule has 0 radical (unpaired) electrons. The largest absolute Gasteiger partial charge is 0.324 e. The zero-order valence-corrected chi connectivity index (χ0v) is 16.4. The van der Waals surface area contributed by atoms with Crippen molar-refractivity contribution in [3.8, 4) is 0 Å². The molecule has 29 heavy (non-hydrogen) atoms. The van der Waals surface area contributed by atoms with Crippen LogP contribution in [0.3, 0.4) is 0 Å². The minimum atomic E-state index is -3.66. The monoisotopic (exact) mass is 421 g/mol. The molecule has 1 aromatic heterocycles. The number of nitrogens with zero attached hydrogens (tertiary/aromatic N) is 3. The Morgan fingerprint density at radius 3 is 2.45 bits per heavy atom. The van der Waals surface area contributed by atoms with Crippen molar-refractivity contribution in [3.05, 3.63) is 48.5 Å². The van der Waals surface area contributed by atoms with Gasteiger partial charge in [0.1, 0.15) is 10.7 Å². The molecule has 0 bridgehead atoms. The molecule has 1 aliphatic heterocycles. The number of halogens is 1. The van der Waals surface area contributed by atoms with Crippen molar-refractivity contribution in [1.29, 1.82) is 0 Å². The first kappa shape index (κ1) is 20.7. The van der Waals surface area contributed by atoms with Gasteiger partial charge in [-0.15, -0.1) is 0 Å². The van der Waals surface area contributed by atoms with Crippen molar-refractivity contribution in [1.82, 2.24) is 14.2 Å². The summed E-state index contributed by atoms with van der Waals surface area (Å²) in [7, 11) is -3.66. The molecule has 1 saturated heterocycles. The number of aromatic nitrogens is 1. The summed E-state index contributed by atoms with van der Waals surface area (Å²) in [4.78, 5) is 29.0. The Morgan fingerprint density at radius 2 is 1.83 bits per heavy atom. The number of piperazine rings is 1. The summed E-state index contributed by atoms with van der Waals surface area (Å²) >= 11 is 0. The molecule has 0 aliphatic carbocycles. The van der Waals surface area contributed by atoms with E-state index in [1.165, 1.54) is 46.7 Å². The van der Waals surface area contributed by atoms with E-state index >= 15 is 0 Å². The molecule has 9 nitrogen and oxygen atoms in total. The lowest BCUT2D eigenvalue weighted by Gasteiger charge is -2.33. The van der Waals surface area contributed by atoms with Gasteiger partial charge in [0.25, 0.3) is 0 Å². The predicted octanol–water partition coefficient (Wildman–Crippen LogP) is 1.72. The Bertz CT molecular complexity index is 1010. The van der Waals surface area contributed by atoms with E-state index in [1.54, 1.807) is 6.07 Å². The highest BCUT2D eigenvalue weighted by Gasteiger charge is 2.30. The minimum absolute atomic E-state index is 0.0392. The van der Waals surface area contributed by atoms with Gasteiger partial charge in [-0.2, -0.15) is 4.31 Å². The lowest BCUT2D eigenvalue weighted by molar-refractivity contribution is -0.114. The third kappa shape index (κ3) is 4.87. The number of carbonyl (C=O) groups is 2. The van der Waals surface area contributed by atoms with Crippen molar-refractivity contribution in [2.24, 2.45) is 0 Å². The molecule has 1 aromatic carbocycles. The second-order valence-corrected chi connectivity index (χ2v) is 8.32. The summed E-state index contributed by atoms with van der Waals surface area (Å²) < 4.78 is 40.2. The highest BCUT2D eigenvalue weighted by atomic mass is 32.2. The molecule has 3 rings (SSSR count). The van der Waals surface area contributed by atoms with Crippen LogP contribution in [0.25, 0.3) is 0 Å². The molecule has 0 spiro atoms. The molecule has 0 unspecified atom stereocenters. The predicted molar refractivity (Wildman–Crippen MR) is 104 cm³/mol. The topological polar surface area (TPSA) is 112 Å². The standard InChI is InChI=1S/C18H20FN5O4S/c1-13(25)21-17-11-14(4-5-16(17)19)22-18(26)23-7-9-24(10-8-23)29(27,28)15-3-2-6-20-12-15/h2-6,11-12H,7-10H2,1H3,(H,21,25)(H,22,26). The number of anilines is 2.